The number of benzene rings is 2. The Kier molecular flexibility index (Phi) is 7.14. The first-order valence-corrected chi connectivity index (χ1v) is 13.2. The summed E-state index contributed by atoms with van der Waals surface area (Å²) in [6.45, 7) is 7.07. The number of carbonyl (C=O) groups is 2. The summed E-state index contributed by atoms with van der Waals surface area (Å²) in [5, 5.41) is 5.85. The quantitative estimate of drug-likeness (QED) is 0.340. The Hall–Kier alpha value is -4.90. The van der Waals surface area contributed by atoms with Gasteiger partial charge in [-0.15, -0.1) is 0 Å². The van der Waals surface area contributed by atoms with Crippen LogP contribution in [0.3, 0.4) is 0 Å². The van der Waals surface area contributed by atoms with Gasteiger partial charge >= 0.3 is 0 Å². The van der Waals surface area contributed by atoms with E-state index in [1.54, 1.807) is 6.20 Å². The normalized spacial score (nSPS) is 12.7. The number of amides is 2. The van der Waals surface area contributed by atoms with Crippen molar-refractivity contribution < 1.29 is 9.59 Å². The van der Waals surface area contributed by atoms with Crippen LogP contribution in [-0.4, -0.2) is 32.9 Å². The number of hydrogen-bond acceptors (Lipinski definition) is 5. The van der Waals surface area contributed by atoms with Crippen LogP contribution in [0.5, 0.6) is 0 Å². The van der Waals surface area contributed by atoms with Crippen molar-refractivity contribution in [2.45, 2.75) is 39.0 Å². The maximum atomic E-state index is 12.7. The Labute approximate surface area is 234 Å². The number of fused-ring (bicyclic) bond motifs is 1. The van der Waals surface area contributed by atoms with Gasteiger partial charge in [-0.25, -0.2) is 9.97 Å². The molecule has 202 valence electrons. The highest BCUT2D eigenvalue weighted by atomic mass is 16.2. The van der Waals surface area contributed by atoms with Crippen LogP contribution in [0.4, 0.5) is 11.6 Å². The largest absolute Gasteiger partial charge is 0.368 e. The lowest BCUT2D eigenvalue weighted by Gasteiger charge is -2.19. The van der Waals surface area contributed by atoms with Crippen molar-refractivity contribution in [3.05, 3.63) is 94.3 Å². The van der Waals surface area contributed by atoms with E-state index in [2.05, 4.69) is 53.2 Å². The van der Waals surface area contributed by atoms with Crippen molar-refractivity contribution >= 4 is 23.5 Å². The van der Waals surface area contributed by atoms with E-state index in [4.69, 9.17) is 5.73 Å². The number of rotatable bonds is 4. The standard InChI is InChI=1S/C32H32N6O2/c1-32(2,3)23-10-12-24(13-11-23)36-28(39)17-21-7-5-6-20(16-21)8-9-22-19-35-31(33)37-29(22)27-18-25-26(38(27)4)14-15-34-30(25)40/h5-7,10-13,16,18-19H,14-15,17H2,1-4H3,(H,34,40)(H,36,39)(H2,33,35,37). The molecule has 0 bridgehead atoms. The highest BCUT2D eigenvalue weighted by molar-refractivity contribution is 5.98. The third-order valence-electron chi connectivity index (χ3n) is 6.97. The van der Waals surface area contributed by atoms with Crippen LogP contribution in [0, 0.1) is 11.8 Å². The minimum Gasteiger partial charge on any atom is -0.368 e. The Morgan fingerprint density at radius 1 is 1.12 bits per heavy atom. The summed E-state index contributed by atoms with van der Waals surface area (Å²) < 4.78 is 1.97. The van der Waals surface area contributed by atoms with Crippen LogP contribution in [0.25, 0.3) is 11.4 Å². The van der Waals surface area contributed by atoms with Gasteiger partial charge in [-0.3, -0.25) is 9.59 Å². The Morgan fingerprint density at radius 3 is 2.62 bits per heavy atom. The molecule has 8 nitrogen and oxygen atoms in total. The average Bonchev–Trinajstić information content (AvgIpc) is 3.25. The molecule has 0 saturated carbocycles. The minimum absolute atomic E-state index is 0.0556. The van der Waals surface area contributed by atoms with Crippen molar-refractivity contribution in [1.29, 1.82) is 0 Å². The fraction of sp³-hybridized carbons (Fsp3) is 0.250. The molecule has 8 heteroatoms. The smallest absolute Gasteiger partial charge is 0.253 e. The van der Waals surface area contributed by atoms with Gasteiger partial charge in [-0.2, -0.15) is 0 Å². The van der Waals surface area contributed by atoms with Crippen LogP contribution in [0.15, 0.2) is 60.8 Å². The van der Waals surface area contributed by atoms with E-state index in [-0.39, 0.29) is 29.6 Å². The van der Waals surface area contributed by atoms with E-state index in [1.807, 2.05) is 66.2 Å². The molecule has 1 aliphatic heterocycles. The van der Waals surface area contributed by atoms with Crippen molar-refractivity contribution in [3.63, 3.8) is 0 Å². The molecular weight excluding hydrogens is 500 g/mol. The number of anilines is 2. The van der Waals surface area contributed by atoms with Gasteiger partial charge in [-0.05, 0) is 46.9 Å². The van der Waals surface area contributed by atoms with E-state index in [9.17, 15) is 9.59 Å². The molecule has 1 aliphatic rings. The third-order valence-corrected chi connectivity index (χ3v) is 6.97. The first kappa shape index (κ1) is 26.7. The Morgan fingerprint density at radius 2 is 1.90 bits per heavy atom. The van der Waals surface area contributed by atoms with Gasteiger partial charge in [0.05, 0.1) is 23.2 Å². The van der Waals surface area contributed by atoms with E-state index < -0.39 is 0 Å². The van der Waals surface area contributed by atoms with Crippen LogP contribution in [0.1, 0.15) is 59.1 Å². The van der Waals surface area contributed by atoms with E-state index in [1.165, 1.54) is 5.56 Å². The van der Waals surface area contributed by atoms with Crippen molar-refractivity contribution in [1.82, 2.24) is 19.9 Å². The first-order chi connectivity index (χ1) is 19.1. The minimum atomic E-state index is -0.0976. The Balaban J connectivity index is 1.35. The fourth-order valence-electron chi connectivity index (χ4n) is 4.78. The molecule has 0 fully saturated rings. The molecule has 0 aliphatic carbocycles. The summed E-state index contributed by atoms with van der Waals surface area (Å²) in [5.74, 6) is 6.28. The maximum Gasteiger partial charge on any atom is 0.253 e. The predicted octanol–water partition coefficient (Wildman–Crippen LogP) is 4.23. The summed E-state index contributed by atoms with van der Waals surface area (Å²) in [6, 6.07) is 17.4. The van der Waals surface area contributed by atoms with Gasteiger partial charge in [-0.1, -0.05) is 56.9 Å². The zero-order chi connectivity index (χ0) is 28.4. The number of hydrogen-bond donors (Lipinski definition) is 3. The molecule has 2 amide bonds. The lowest BCUT2D eigenvalue weighted by Crippen LogP contribution is -2.31. The number of nitrogens with zero attached hydrogens (tertiary/aromatic N) is 3. The second-order valence-corrected chi connectivity index (χ2v) is 10.9. The highest BCUT2D eigenvalue weighted by Crippen LogP contribution is 2.28. The highest BCUT2D eigenvalue weighted by Gasteiger charge is 2.24. The SMILES string of the molecule is Cn1c(-c2nc(N)ncc2C#Cc2cccc(CC(=O)Nc3ccc(C(C)(C)C)cc3)c2)cc2c1CCNC2=O. The predicted molar refractivity (Wildman–Crippen MR) is 157 cm³/mol. The van der Waals surface area contributed by atoms with Gasteiger partial charge in [0.15, 0.2) is 0 Å². The molecule has 4 N–H and O–H groups in total. The second kappa shape index (κ2) is 10.7. The lowest BCUT2D eigenvalue weighted by atomic mass is 9.87. The van der Waals surface area contributed by atoms with E-state index >= 15 is 0 Å². The average molecular weight is 533 g/mol. The fourth-order valence-corrected chi connectivity index (χ4v) is 4.78. The summed E-state index contributed by atoms with van der Waals surface area (Å²) in [7, 11) is 1.91. The summed E-state index contributed by atoms with van der Waals surface area (Å²) in [4.78, 5) is 33.7. The summed E-state index contributed by atoms with van der Waals surface area (Å²) in [5.41, 5.74) is 13.1. The van der Waals surface area contributed by atoms with E-state index in [0.29, 0.717) is 23.4 Å². The molecule has 0 spiro atoms. The van der Waals surface area contributed by atoms with Gasteiger partial charge in [0.1, 0.15) is 5.69 Å². The number of nitrogens with one attached hydrogen (secondary N) is 2. The summed E-state index contributed by atoms with van der Waals surface area (Å²) >= 11 is 0. The van der Waals surface area contributed by atoms with E-state index in [0.717, 1.165) is 34.6 Å². The number of nitrogen functional groups attached to an aromatic ring is 1. The van der Waals surface area contributed by atoms with Crippen molar-refractivity contribution in [3.8, 4) is 23.2 Å². The van der Waals surface area contributed by atoms with Crippen molar-refractivity contribution in [2.24, 2.45) is 7.05 Å². The molecule has 40 heavy (non-hydrogen) atoms. The van der Waals surface area contributed by atoms with Crippen LogP contribution in [0.2, 0.25) is 0 Å². The Bertz CT molecular complexity index is 1670. The molecule has 3 heterocycles. The number of carbonyl (C=O) groups excluding carboxylic acids is 2. The van der Waals surface area contributed by atoms with Crippen LogP contribution < -0.4 is 16.4 Å². The molecule has 0 saturated heterocycles. The van der Waals surface area contributed by atoms with Crippen LogP contribution in [-0.2, 0) is 30.1 Å². The lowest BCUT2D eigenvalue weighted by molar-refractivity contribution is -0.115. The van der Waals surface area contributed by atoms with Gasteiger partial charge in [0.25, 0.3) is 5.91 Å². The summed E-state index contributed by atoms with van der Waals surface area (Å²) in [6.07, 6.45) is 2.56. The van der Waals surface area contributed by atoms with Crippen LogP contribution >= 0.6 is 0 Å². The van der Waals surface area contributed by atoms with Gasteiger partial charge in [0, 0.05) is 43.2 Å². The molecular formula is C32H32N6O2. The maximum absolute atomic E-state index is 12.7. The molecule has 0 atom stereocenters. The molecule has 0 unspecified atom stereocenters. The zero-order valence-electron chi connectivity index (χ0n) is 23.1. The molecule has 2 aromatic carbocycles. The molecule has 4 aromatic rings. The molecule has 0 radical (unpaired) electrons. The van der Waals surface area contributed by atoms with Gasteiger partial charge in [0.2, 0.25) is 11.9 Å². The number of nitrogens with two attached hydrogens (primary N) is 1. The molecule has 5 rings (SSSR count). The van der Waals surface area contributed by atoms with Crippen molar-refractivity contribution in [2.75, 3.05) is 17.6 Å². The second-order valence-electron chi connectivity index (χ2n) is 10.9. The monoisotopic (exact) mass is 532 g/mol. The first-order valence-electron chi connectivity index (χ1n) is 13.2. The third kappa shape index (κ3) is 5.74. The molecule has 2 aromatic heterocycles. The number of aromatic nitrogens is 3. The zero-order valence-corrected chi connectivity index (χ0v) is 23.1. The topological polar surface area (TPSA) is 115 Å². The van der Waals surface area contributed by atoms with Gasteiger partial charge < -0.3 is 20.9 Å².